The number of ketones is 1. The molecule has 2 atom stereocenters. The van der Waals surface area contributed by atoms with E-state index < -0.39 is 23.0 Å². The van der Waals surface area contributed by atoms with Gasteiger partial charge in [-0.15, -0.1) is 0 Å². The van der Waals surface area contributed by atoms with Crippen molar-refractivity contribution in [3.63, 3.8) is 0 Å². The van der Waals surface area contributed by atoms with Gasteiger partial charge in [0.25, 0.3) is 0 Å². The number of aromatic nitrogens is 1. The molecule has 1 fully saturated rings. The first-order chi connectivity index (χ1) is 15.1. The number of ether oxygens (including phenoxy) is 1. The van der Waals surface area contributed by atoms with E-state index in [-0.39, 0.29) is 53.6 Å². The van der Waals surface area contributed by atoms with Crippen LogP contribution in [0.1, 0.15) is 55.8 Å². The molecule has 1 saturated carbocycles. The summed E-state index contributed by atoms with van der Waals surface area (Å²) in [6.07, 6.45) is 2.85. The minimum atomic E-state index is -2.26. The number of rotatable bonds is 7. The highest BCUT2D eigenvalue weighted by Crippen LogP contribution is 2.47. The molecule has 0 aliphatic heterocycles. The van der Waals surface area contributed by atoms with Gasteiger partial charge in [-0.1, -0.05) is 23.7 Å². The van der Waals surface area contributed by atoms with Crippen molar-refractivity contribution in [3.8, 4) is 0 Å². The highest BCUT2D eigenvalue weighted by molar-refractivity contribution is 6.31. The van der Waals surface area contributed by atoms with Crippen molar-refractivity contribution < 1.29 is 23.4 Å². The summed E-state index contributed by atoms with van der Waals surface area (Å²) < 4.78 is 34.9. The van der Waals surface area contributed by atoms with E-state index in [1.54, 1.807) is 13.2 Å². The van der Waals surface area contributed by atoms with Gasteiger partial charge >= 0.3 is 0 Å². The van der Waals surface area contributed by atoms with Crippen LogP contribution in [0.4, 0.5) is 8.78 Å². The topological polar surface area (TPSA) is 71.4 Å². The summed E-state index contributed by atoms with van der Waals surface area (Å²) in [7, 11) is 1.66. The summed E-state index contributed by atoms with van der Waals surface area (Å²) in [6, 6.07) is 7.01. The molecular formula is C24H27ClF2N2O3. The predicted molar refractivity (Wildman–Crippen MR) is 116 cm³/mol. The molecule has 0 unspecified atom stereocenters. The minimum absolute atomic E-state index is 0.00300. The molecule has 0 spiro atoms. The summed E-state index contributed by atoms with van der Waals surface area (Å²) in [5, 5.41) is 14.8. The quantitative estimate of drug-likeness (QED) is 0.596. The lowest BCUT2D eigenvalue weighted by Crippen LogP contribution is -2.61. The molecule has 172 valence electrons. The summed E-state index contributed by atoms with van der Waals surface area (Å²) in [6.45, 7) is 2.00. The van der Waals surface area contributed by atoms with E-state index in [1.165, 1.54) is 30.5 Å². The first-order valence-electron chi connectivity index (χ1n) is 10.8. The van der Waals surface area contributed by atoms with Crippen LogP contribution in [-0.2, 0) is 27.3 Å². The van der Waals surface area contributed by atoms with Gasteiger partial charge in [0.2, 0.25) is 0 Å². The van der Waals surface area contributed by atoms with Crippen molar-refractivity contribution in [2.45, 2.75) is 68.5 Å². The van der Waals surface area contributed by atoms with E-state index in [9.17, 15) is 14.3 Å². The number of carbonyl (C=O) groups excluding carboxylic acids is 1. The van der Waals surface area contributed by atoms with Crippen molar-refractivity contribution >= 4 is 17.4 Å². The normalized spacial score (nSPS) is 31.6. The number of pyridine rings is 1. The Morgan fingerprint density at radius 3 is 2.78 bits per heavy atom. The van der Waals surface area contributed by atoms with Crippen molar-refractivity contribution in [2.24, 2.45) is 0 Å². The molecule has 1 aromatic carbocycles. The highest BCUT2D eigenvalue weighted by Gasteiger charge is 2.53. The summed E-state index contributed by atoms with van der Waals surface area (Å²) in [5.74, 6) is -1.08. The van der Waals surface area contributed by atoms with E-state index in [2.05, 4.69) is 10.3 Å². The van der Waals surface area contributed by atoms with Gasteiger partial charge in [-0.25, -0.2) is 8.78 Å². The highest BCUT2D eigenvalue weighted by atomic mass is 35.5. The number of nitrogens with zero attached hydrogens (tertiary/aromatic N) is 1. The monoisotopic (exact) mass is 464 g/mol. The second-order valence-corrected chi connectivity index (χ2v) is 9.53. The Balaban J connectivity index is 1.53. The van der Waals surface area contributed by atoms with Crippen molar-refractivity contribution in [1.82, 2.24) is 10.3 Å². The Kier molecular flexibility index (Phi) is 6.13. The number of fused-ring (bicyclic) bond motifs is 1. The molecule has 2 aromatic rings. The van der Waals surface area contributed by atoms with Gasteiger partial charge < -0.3 is 9.84 Å². The molecule has 1 heterocycles. The lowest BCUT2D eigenvalue weighted by atomic mass is 9.72. The zero-order valence-corrected chi connectivity index (χ0v) is 18.9. The third-order valence-corrected chi connectivity index (χ3v) is 7.18. The SMILES string of the molecule is COC1(C)CC(N[C@]2(O)CC[C@@](F)(C(=O)CCc3ccc(F)cc3Cl)c3cccnc32)C1. The van der Waals surface area contributed by atoms with Gasteiger partial charge in [0.05, 0.1) is 11.3 Å². The molecule has 5 nitrogen and oxygen atoms in total. The molecule has 0 radical (unpaired) electrons. The maximum Gasteiger partial charge on any atom is 0.195 e. The largest absolute Gasteiger partial charge is 0.378 e. The van der Waals surface area contributed by atoms with Crippen LogP contribution in [-0.4, -0.2) is 34.6 Å². The number of hydrogen-bond acceptors (Lipinski definition) is 5. The number of carbonyl (C=O) groups is 1. The maximum atomic E-state index is 16.1. The number of Topliss-reactive ketones (excluding diaryl/α,β-unsaturated/α-hetero) is 1. The van der Waals surface area contributed by atoms with Crippen LogP contribution in [0.15, 0.2) is 36.5 Å². The van der Waals surface area contributed by atoms with Crippen LogP contribution < -0.4 is 5.32 Å². The lowest BCUT2D eigenvalue weighted by Gasteiger charge is -2.49. The maximum absolute atomic E-state index is 16.1. The Hall–Kier alpha value is -1.93. The molecule has 0 bridgehead atoms. The van der Waals surface area contributed by atoms with E-state index in [1.807, 2.05) is 6.92 Å². The van der Waals surface area contributed by atoms with Crippen LogP contribution >= 0.6 is 11.6 Å². The van der Waals surface area contributed by atoms with Crippen molar-refractivity contribution in [1.29, 1.82) is 0 Å². The summed E-state index contributed by atoms with van der Waals surface area (Å²) in [4.78, 5) is 17.3. The van der Waals surface area contributed by atoms with Gasteiger partial charge in [-0.2, -0.15) is 0 Å². The number of aliphatic hydroxyl groups is 1. The minimum Gasteiger partial charge on any atom is -0.378 e. The summed E-state index contributed by atoms with van der Waals surface area (Å²) in [5.41, 5.74) is -3.21. The van der Waals surface area contributed by atoms with E-state index in [0.717, 1.165) is 0 Å². The Labute approximate surface area is 191 Å². The number of aryl methyl sites for hydroxylation is 1. The second kappa shape index (κ2) is 8.45. The molecule has 0 amide bonds. The van der Waals surface area contributed by atoms with Gasteiger partial charge in [0.1, 0.15) is 5.82 Å². The number of benzene rings is 1. The first-order valence-corrected chi connectivity index (χ1v) is 11.1. The van der Waals surface area contributed by atoms with E-state index in [0.29, 0.717) is 18.4 Å². The zero-order valence-electron chi connectivity index (χ0n) is 18.1. The van der Waals surface area contributed by atoms with Gasteiger partial charge in [0.15, 0.2) is 17.2 Å². The van der Waals surface area contributed by atoms with Crippen LogP contribution in [0.3, 0.4) is 0 Å². The van der Waals surface area contributed by atoms with Gasteiger partial charge in [-0.3, -0.25) is 15.1 Å². The summed E-state index contributed by atoms with van der Waals surface area (Å²) >= 11 is 6.04. The third kappa shape index (κ3) is 4.19. The molecular weight excluding hydrogens is 438 g/mol. The second-order valence-electron chi connectivity index (χ2n) is 9.12. The van der Waals surface area contributed by atoms with Crippen molar-refractivity contribution in [2.75, 3.05) is 7.11 Å². The van der Waals surface area contributed by atoms with Crippen LogP contribution in [0.5, 0.6) is 0 Å². The van der Waals surface area contributed by atoms with Crippen molar-refractivity contribution in [3.05, 3.63) is 64.2 Å². The fraction of sp³-hybridized carbons (Fsp3) is 0.500. The molecule has 32 heavy (non-hydrogen) atoms. The fourth-order valence-electron chi connectivity index (χ4n) is 4.85. The van der Waals surface area contributed by atoms with Crippen LogP contribution in [0.2, 0.25) is 5.02 Å². The molecule has 2 N–H and O–H groups in total. The molecule has 1 aromatic heterocycles. The predicted octanol–water partition coefficient (Wildman–Crippen LogP) is 4.34. The van der Waals surface area contributed by atoms with E-state index in [4.69, 9.17) is 16.3 Å². The number of methoxy groups -OCH3 is 1. The molecule has 2 aliphatic carbocycles. The Morgan fingerprint density at radius 2 is 2.09 bits per heavy atom. The van der Waals surface area contributed by atoms with Crippen LogP contribution in [0.25, 0.3) is 0 Å². The lowest BCUT2D eigenvalue weighted by molar-refractivity contribution is -0.139. The number of alkyl halides is 1. The van der Waals surface area contributed by atoms with Crippen LogP contribution in [0, 0.1) is 5.82 Å². The third-order valence-electron chi connectivity index (χ3n) is 6.83. The Morgan fingerprint density at radius 1 is 1.34 bits per heavy atom. The number of nitrogens with one attached hydrogen (secondary N) is 1. The molecule has 8 heteroatoms. The molecule has 4 rings (SSSR count). The average molecular weight is 465 g/mol. The smallest absolute Gasteiger partial charge is 0.195 e. The number of halogens is 3. The van der Waals surface area contributed by atoms with Gasteiger partial charge in [0, 0.05) is 36.4 Å². The molecule has 2 aliphatic rings. The standard InChI is InChI=1S/C24H27ClF2N2O3/c1-22(32-2)13-17(14-22)29-24(31)10-9-23(27,18-4-3-11-28-21(18)24)20(30)8-6-15-5-7-16(26)12-19(15)25/h3-5,7,11-12,17,29,31H,6,8-10,13-14H2,1-2H3/t17?,22?,23-,24-/m0/s1. The number of hydrogen-bond donors (Lipinski definition) is 2. The van der Waals surface area contributed by atoms with E-state index >= 15 is 4.39 Å². The van der Waals surface area contributed by atoms with Gasteiger partial charge in [-0.05, 0) is 62.8 Å². The molecule has 0 saturated heterocycles. The zero-order chi connectivity index (χ0) is 23.1. The Bertz CT molecular complexity index is 1030. The fourth-order valence-corrected chi connectivity index (χ4v) is 5.11. The first kappa shape index (κ1) is 23.2. The average Bonchev–Trinajstić information content (AvgIpc) is 2.75.